The van der Waals surface area contributed by atoms with Crippen LogP contribution in [0.25, 0.3) is 0 Å². The van der Waals surface area contributed by atoms with Crippen molar-refractivity contribution in [1.29, 1.82) is 0 Å². The maximum Gasteiger partial charge on any atom is 0.262 e. The highest BCUT2D eigenvalue weighted by Gasteiger charge is 2.24. The van der Waals surface area contributed by atoms with Crippen molar-refractivity contribution in [2.45, 2.75) is 25.7 Å². The molecule has 0 atom stereocenters. The Bertz CT molecular complexity index is 1000. The van der Waals surface area contributed by atoms with E-state index in [-0.39, 0.29) is 23.1 Å². The van der Waals surface area contributed by atoms with Crippen LogP contribution in [0.2, 0.25) is 0 Å². The molecule has 9 heteroatoms. The number of carbonyl (C=O) groups is 1. The van der Waals surface area contributed by atoms with E-state index >= 15 is 0 Å². The number of hydrogen-bond acceptors (Lipinski definition) is 6. The molecule has 28 heavy (non-hydrogen) atoms. The molecule has 1 amide bonds. The smallest absolute Gasteiger partial charge is 0.262 e. The molecular formula is C19H22N2O6S. The van der Waals surface area contributed by atoms with Gasteiger partial charge in [0, 0.05) is 12.1 Å². The van der Waals surface area contributed by atoms with Gasteiger partial charge in [0.2, 0.25) is 0 Å². The molecule has 1 aliphatic heterocycles. The summed E-state index contributed by atoms with van der Waals surface area (Å²) in [6.45, 7) is 5.98. The van der Waals surface area contributed by atoms with Gasteiger partial charge in [0.25, 0.3) is 15.9 Å². The molecule has 0 aliphatic carbocycles. The number of rotatable bonds is 7. The predicted molar refractivity (Wildman–Crippen MR) is 105 cm³/mol. The highest BCUT2D eigenvalue weighted by atomic mass is 32.2. The molecule has 0 saturated heterocycles. The van der Waals surface area contributed by atoms with E-state index in [9.17, 15) is 13.2 Å². The van der Waals surface area contributed by atoms with Crippen LogP contribution in [0.3, 0.4) is 0 Å². The van der Waals surface area contributed by atoms with Gasteiger partial charge in [0.1, 0.15) is 17.2 Å². The molecular weight excluding hydrogens is 384 g/mol. The minimum absolute atomic E-state index is 0.0478. The highest BCUT2D eigenvalue weighted by molar-refractivity contribution is 7.92. The summed E-state index contributed by atoms with van der Waals surface area (Å²) < 4.78 is 45.0. The third-order valence-corrected chi connectivity index (χ3v) is 5.51. The molecule has 0 spiro atoms. The summed E-state index contributed by atoms with van der Waals surface area (Å²) in [7, 11) is -3.94. The zero-order valence-electron chi connectivity index (χ0n) is 15.9. The van der Waals surface area contributed by atoms with Gasteiger partial charge in [-0.15, -0.1) is 0 Å². The molecule has 0 radical (unpaired) electrons. The monoisotopic (exact) mass is 406 g/mol. The summed E-state index contributed by atoms with van der Waals surface area (Å²) in [4.78, 5) is 11.5. The minimum atomic E-state index is -3.94. The Balaban J connectivity index is 1.98. The van der Waals surface area contributed by atoms with Crippen LogP contribution in [0.1, 0.15) is 19.4 Å². The van der Waals surface area contributed by atoms with Crippen molar-refractivity contribution < 1.29 is 27.4 Å². The molecule has 0 unspecified atom stereocenters. The predicted octanol–water partition coefficient (Wildman–Crippen LogP) is 2.92. The molecule has 150 valence electrons. The van der Waals surface area contributed by atoms with Crippen LogP contribution in [-0.2, 0) is 14.8 Å². The van der Waals surface area contributed by atoms with Gasteiger partial charge in [-0.1, -0.05) is 0 Å². The van der Waals surface area contributed by atoms with Crippen molar-refractivity contribution in [1.82, 2.24) is 0 Å². The number of fused-ring (bicyclic) bond motifs is 1. The van der Waals surface area contributed by atoms with Crippen LogP contribution >= 0.6 is 0 Å². The normalized spacial score (nSPS) is 13.2. The second kappa shape index (κ2) is 7.97. The lowest BCUT2D eigenvalue weighted by atomic mass is 10.2. The first-order valence-electron chi connectivity index (χ1n) is 8.83. The molecule has 0 fully saturated rings. The van der Waals surface area contributed by atoms with Crippen LogP contribution in [0, 0.1) is 6.92 Å². The molecule has 0 aromatic heterocycles. The minimum Gasteiger partial charge on any atom is -0.494 e. The van der Waals surface area contributed by atoms with Gasteiger partial charge < -0.3 is 19.5 Å². The van der Waals surface area contributed by atoms with Crippen molar-refractivity contribution in [2.24, 2.45) is 0 Å². The molecule has 1 heterocycles. The number of ether oxygens (including phenoxy) is 3. The van der Waals surface area contributed by atoms with Crippen molar-refractivity contribution in [2.75, 3.05) is 29.9 Å². The van der Waals surface area contributed by atoms with E-state index in [0.717, 1.165) is 0 Å². The summed E-state index contributed by atoms with van der Waals surface area (Å²) in [6, 6.07) is 7.92. The zero-order valence-corrected chi connectivity index (χ0v) is 16.7. The molecule has 3 rings (SSSR count). The van der Waals surface area contributed by atoms with Gasteiger partial charge in [-0.3, -0.25) is 9.52 Å². The van der Waals surface area contributed by atoms with Crippen molar-refractivity contribution in [3.63, 3.8) is 0 Å². The van der Waals surface area contributed by atoms with E-state index in [4.69, 9.17) is 14.2 Å². The Hall–Kier alpha value is -2.94. The lowest BCUT2D eigenvalue weighted by Gasteiger charge is -2.21. The fourth-order valence-corrected chi connectivity index (χ4v) is 4.14. The summed E-state index contributed by atoms with van der Waals surface area (Å²) in [5.41, 5.74) is 1.19. The number of nitrogens with one attached hydrogen (secondary N) is 2. The van der Waals surface area contributed by atoms with Gasteiger partial charge in [-0.2, -0.15) is 0 Å². The summed E-state index contributed by atoms with van der Waals surface area (Å²) in [5.74, 6) is 0.943. The number of hydrogen-bond donors (Lipinski definition) is 2. The lowest BCUT2D eigenvalue weighted by Crippen LogP contribution is -2.26. The standard InChI is InChI=1S/C19H22N2O6S/c1-4-25-13-6-7-16(26-5-2)15(9-13)21-28(23,24)18-10-17-14(8-12(18)3)20-19(22)11-27-17/h6-10,21H,4-5,11H2,1-3H3,(H,20,22). The third-order valence-electron chi connectivity index (χ3n) is 4.01. The van der Waals surface area contributed by atoms with Crippen molar-refractivity contribution in [3.8, 4) is 17.2 Å². The maximum absolute atomic E-state index is 13.0. The van der Waals surface area contributed by atoms with E-state index in [0.29, 0.717) is 41.7 Å². The average molecular weight is 406 g/mol. The second-order valence-electron chi connectivity index (χ2n) is 6.08. The van der Waals surface area contributed by atoms with Gasteiger partial charge in [-0.25, -0.2) is 8.42 Å². The van der Waals surface area contributed by atoms with Crippen LogP contribution in [0.15, 0.2) is 35.2 Å². The van der Waals surface area contributed by atoms with Crippen LogP contribution in [0.4, 0.5) is 11.4 Å². The van der Waals surface area contributed by atoms with Gasteiger partial charge in [0.05, 0.1) is 29.5 Å². The van der Waals surface area contributed by atoms with Crippen LogP contribution in [0.5, 0.6) is 17.2 Å². The molecule has 2 aromatic rings. The molecule has 0 saturated carbocycles. The van der Waals surface area contributed by atoms with E-state index in [1.165, 1.54) is 6.07 Å². The molecule has 0 bridgehead atoms. The third kappa shape index (κ3) is 4.14. The van der Waals surface area contributed by atoms with Crippen molar-refractivity contribution >= 4 is 27.3 Å². The Labute approximate surface area is 163 Å². The molecule has 2 N–H and O–H groups in total. The SMILES string of the molecule is CCOc1ccc(OCC)c(NS(=O)(=O)c2cc3c(cc2C)NC(=O)CO3)c1. The number of amides is 1. The zero-order chi connectivity index (χ0) is 20.3. The quantitative estimate of drug-likeness (QED) is 0.733. The Morgan fingerprint density at radius 1 is 1.14 bits per heavy atom. The number of aryl methyl sites for hydroxylation is 1. The number of sulfonamides is 1. The summed E-state index contributed by atoms with van der Waals surface area (Å²) >= 11 is 0. The van der Waals surface area contributed by atoms with Crippen molar-refractivity contribution in [3.05, 3.63) is 35.9 Å². The van der Waals surface area contributed by atoms with E-state index in [2.05, 4.69) is 10.0 Å². The number of benzene rings is 2. The fourth-order valence-electron chi connectivity index (χ4n) is 2.83. The molecule has 2 aromatic carbocycles. The van der Waals surface area contributed by atoms with Crippen LogP contribution in [-0.4, -0.2) is 34.1 Å². The van der Waals surface area contributed by atoms with E-state index < -0.39 is 10.0 Å². The number of anilines is 2. The summed E-state index contributed by atoms with van der Waals surface area (Å²) in [5, 5.41) is 2.66. The highest BCUT2D eigenvalue weighted by Crippen LogP contribution is 2.35. The van der Waals surface area contributed by atoms with Gasteiger partial charge in [0.15, 0.2) is 6.61 Å². The fraction of sp³-hybridized carbons (Fsp3) is 0.316. The number of carbonyl (C=O) groups excluding carboxylic acids is 1. The first-order chi connectivity index (χ1) is 13.3. The Kier molecular flexibility index (Phi) is 5.64. The Morgan fingerprint density at radius 2 is 1.89 bits per heavy atom. The van der Waals surface area contributed by atoms with Gasteiger partial charge in [-0.05, 0) is 44.5 Å². The van der Waals surface area contributed by atoms with E-state index in [1.807, 2.05) is 13.8 Å². The largest absolute Gasteiger partial charge is 0.494 e. The van der Waals surface area contributed by atoms with Crippen LogP contribution < -0.4 is 24.2 Å². The van der Waals surface area contributed by atoms with Gasteiger partial charge >= 0.3 is 0 Å². The Morgan fingerprint density at radius 3 is 2.61 bits per heavy atom. The summed E-state index contributed by atoms with van der Waals surface area (Å²) in [6.07, 6.45) is 0. The average Bonchev–Trinajstić information content (AvgIpc) is 2.63. The maximum atomic E-state index is 13.0. The molecule has 1 aliphatic rings. The first kappa shape index (κ1) is 19.8. The van der Waals surface area contributed by atoms with E-state index in [1.54, 1.807) is 31.2 Å². The topological polar surface area (TPSA) is 103 Å². The second-order valence-corrected chi connectivity index (χ2v) is 7.73. The lowest BCUT2D eigenvalue weighted by molar-refractivity contribution is -0.118. The molecule has 8 nitrogen and oxygen atoms in total. The first-order valence-corrected chi connectivity index (χ1v) is 10.3.